The Balaban J connectivity index is 2.11. The molecule has 1 aromatic carbocycles. The van der Waals surface area contributed by atoms with Crippen molar-refractivity contribution in [3.8, 4) is 6.07 Å². The van der Waals surface area contributed by atoms with E-state index in [0.29, 0.717) is 5.70 Å². The van der Waals surface area contributed by atoms with Gasteiger partial charge in [0, 0.05) is 17.9 Å². The Hall–Kier alpha value is -2.82. The normalized spacial score (nSPS) is 12.1. The van der Waals surface area contributed by atoms with Crippen LogP contribution in [0.15, 0.2) is 36.7 Å². The number of hydrogen-bond donors (Lipinski definition) is 1. The number of nitriles is 1. The van der Waals surface area contributed by atoms with E-state index in [-0.39, 0.29) is 12.2 Å². The fourth-order valence-electron chi connectivity index (χ4n) is 1.89. The second-order valence-corrected chi connectivity index (χ2v) is 4.70. The van der Waals surface area contributed by atoms with Gasteiger partial charge in [-0.1, -0.05) is 0 Å². The second kappa shape index (κ2) is 6.52. The molecule has 120 valence electrons. The van der Waals surface area contributed by atoms with E-state index < -0.39 is 23.1 Å². The third-order valence-electron chi connectivity index (χ3n) is 3.06. The van der Waals surface area contributed by atoms with E-state index >= 15 is 0 Å². The third kappa shape index (κ3) is 4.10. The molecule has 0 amide bonds. The number of hydrogen-bond acceptors (Lipinski definition) is 3. The van der Waals surface area contributed by atoms with Crippen LogP contribution in [0.3, 0.4) is 0 Å². The average Bonchev–Trinajstić information content (AvgIpc) is 2.93. The number of halogens is 4. The van der Waals surface area contributed by atoms with Crippen molar-refractivity contribution in [3.63, 3.8) is 0 Å². The lowest BCUT2D eigenvalue weighted by Crippen LogP contribution is -2.09. The standard InChI is InChI=1S/C15H12F4N4/c1-10(23-9-12(16)8-22-23)4-5-21-13-3-2-11(7-20)14(6-13)15(17,18)19/h2-4,6,8-9,21H,5H2,1H3/b10-4-. The number of anilines is 1. The van der Waals surface area contributed by atoms with Crippen LogP contribution in [-0.4, -0.2) is 16.3 Å². The van der Waals surface area contributed by atoms with Crippen molar-refractivity contribution >= 4 is 11.4 Å². The first-order valence-electron chi connectivity index (χ1n) is 6.54. The maximum atomic E-state index is 12.9. The van der Waals surface area contributed by atoms with Gasteiger partial charge in [0.25, 0.3) is 0 Å². The summed E-state index contributed by atoms with van der Waals surface area (Å²) in [6.45, 7) is 1.91. The van der Waals surface area contributed by atoms with Gasteiger partial charge in [-0.3, -0.25) is 0 Å². The molecule has 2 rings (SSSR count). The smallest absolute Gasteiger partial charge is 0.381 e. The van der Waals surface area contributed by atoms with E-state index in [0.717, 1.165) is 18.3 Å². The highest BCUT2D eigenvalue weighted by Gasteiger charge is 2.33. The van der Waals surface area contributed by atoms with Crippen molar-refractivity contribution in [2.75, 3.05) is 11.9 Å². The number of alkyl halides is 3. The van der Waals surface area contributed by atoms with E-state index in [1.807, 2.05) is 0 Å². The van der Waals surface area contributed by atoms with Crippen molar-refractivity contribution in [2.45, 2.75) is 13.1 Å². The minimum absolute atomic E-state index is 0.219. The van der Waals surface area contributed by atoms with Gasteiger partial charge in [-0.05, 0) is 31.2 Å². The van der Waals surface area contributed by atoms with Gasteiger partial charge in [0.1, 0.15) is 0 Å². The molecule has 1 heterocycles. The van der Waals surface area contributed by atoms with E-state index in [1.54, 1.807) is 13.0 Å². The van der Waals surface area contributed by atoms with Crippen LogP contribution in [0, 0.1) is 17.1 Å². The highest BCUT2D eigenvalue weighted by Crippen LogP contribution is 2.33. The predicted octanol–water partition coefficient (Wildman–Crippen LogP) is 3.89. The van der Waals surface area contributed by atoms with Crippen LogP contribution in [0.2, 0.25) is 0 Å². The molecule has 2 aromatic rings. The molecule has 0 spiro atoms. The van der Waals surface area contributed by atoms with Crippen LogP contribution in [-0.2, 0) is 6.18 Å². The SMILES string of the molecule is C/C(=C/CNc1ccc(C#N)c(C(F)(F)F)c1)n1cc(F)cn1. The Morgan fingerprint density at radius 2 is 2.17 bits per heavy atom. The van der Waals surface area contributed by atoms with E-state index in [1.165, 1.54) is 23.0 Å². The van der Waals surface area contributed by atoms with Crippen LogP contribution >= 0.6 is 0 Å². The third-order valence-corrected chi connectivity index (χ3v) is 3.06. The first-order chi connectivity index (χ1) is 10.8. The van der Waals surface area contributed by atoms with Gasteiger partial charge in [-0.2, -0.15) is 23.5 Å². The molecule has 0 saturated carbocycles. The molecule has 4 nitrogen and oxygen atoms in total. The zero-order valence-corrected chi connectivity index (χ0v) is 12.0. The Bertz CT molecular complexity index is 769. The lowest BCUT2D eigenvalue weighted by Gasteiger charge is -2.11. The molecule has 0 aliphatic rings. The van der Waals surface area contributed by atoms with Gasteiger partial charge >= 0.3 is 6.18 Å². The number of rotatable bonds is 4. The topological polar surface area (TPSA) is 53.6 Å². The first kappa shape index (κ1) is 16.5. The number of benzene rings is 1. The summed E-state index contributed by atoms with van der Waals surface area (Å²) in [5, 5.41) is 15.3. The number of aromatic nitrogens is 2. The van der Waals surface area contributed by atoms with Crippen LogP contribution < -0.4 is 5.32 Å². The van der Waals surface area contributed by atoms with Crippen molar-refractivity contribution in [1.82, 2.24) is 9.78 Å². The zero-order chi connectivity index (χ0) is 17.0. The molecule has 0 saturated heterocycles. The molecule has 8 heteroatoms. The molecular formula is C15H12F4N4. The first-order valence-corrected chi connectivity index (χ1v) is 6.54. The van der Waals surface area contributed by atoms with Crippen molar-refractivity contribution in [3.05, 3.63) is 53.6 Å². The molecule has 1 N–H and O–H groups in total. The van der Waals surface area contributed by atoms with Crippen LogP contribution in [0.5, 0.6) is 0 Å². The lowest BCUT2D eigenvalue weighted by atomic mass is 10.1. The molecule has 0 fully saturated rings. The van der Waals surface area contributed by atoms with Crippen molar-refractivity contribution in [2.24, 2.45) is 0 Å². The summed E-state index contributed by atoms with van der Waals surface area (Å²) >= 11 is 0. The molecule has 0 aliphatic carbocycles. The summed E-state index contributed by atoms with van der Waals surface area (Å²) in [4.78, 5) is 0. The fourth-order valence-corrected chi connectivity index (χ4v) is 1.89. The Labute approximate surface area is 129 Å². The Kier molecular flexibility index (Phi) is 4.69. The molecule has 0 bridgehead atoms. The minimum Gasteiger partial charge on any atom is -0.381 e. The molecule has 0 unspecified atom stereocenters. The van der Waals surface area contributed by atoms with E-state index in [4.69, 9.17) is 5.26 Å². The zero-order valence-electron chi connectivity index (χ0n) is 12.0. The molecule has 0 radical (unpaired) electrons. The summed E-state index contributed by atoms with van der Waals surface area (Å²) in [6.07, 6.45) is -0.699. The highest BCUT2D eigenvalue weighted by molar-refractivity contribution is 5.54. The maximum absolute atomic E-state index is 12.9. The summed E-state index contributed by atoms with van der Waals surface area (Å²) in [6, 6.07) is 4.91. The maximum Gasteiger partial charge on any atom is 0.417 e. The van der Waals surface area contributed by atoms with Crippen molar-refractivity contribution in [1.29, 1.82) is 5.26 Å². The molecule has 0 aliphatic heterocycles. The molecule has 0 atom stereocenters. The van der Waals surface area contributed by atoms with Gasteiger partial charge in [0.05, 0.1) is 29.6 Å². The van der Waals surface area contributed by atoms with Gasteiger partial charge in [-0.15, -0.1) is 0 Å². The van der Waals surface area contributed by atoms with E-state index in [9.17, 15) is 17.6 Å². The van der Waals surface area contributed by atoms with Gasteiger partial charge in [0.2, 0.25) is 0 Å². The quantitative estimate of drug-likeness (QED) is 0.868. The Morgan fingerprint density at radius 1 is 1.43 bits per heavy atom. The average molecular weight is 324 g/mol. The predicted molar refractivity (Wildman–Crippen MR) is 76.8 cm³/mol. The van der Waals surface area contributed by atoms with E-state index in [2.05, 4.69) is 10.4 Å². The largest absolute Gasteiger partial charge is 0.417 e. The molecule has 23 heavy (non-hydrogen) atoms. The monoisotopic (exact) mass is 324 g/mol. The minimum atomic E-state index is -4.60. The lowest BCUT2D eigenvalue weighted by molar-refractivity contribution is -0.137. The van der Waals surface area contributed by atoms with Gasteiger partial charge in [-0.25, -0.2) is 9.07 Å². The summed E-state index contributed by atoms with van der Waals surface area (Å²) in [5.41, 5.74) is -0.570. The number of allylic oxidation sites excluding steroid dienone is 1. The second-order valence-electron chi connectivity index (χ2n) is 4.70. The molecule has 1 aromatic heterocycles. The van der Waals surface area contributed by atoms with Crippen LogP contribution in [0.4, 0.5) is 23.2 Å². The number of nitrogens with zero attached hydrogens (tertiary/aromatic N) is 3. The number of nitrogens with one attached hydrogen (secondary N) is 1. The summed E-state index contributed by atoms with van der Waals surface area (Å²) in [7, 11) is 0. The van der Waals surface area contributed by atoms with Crippen LogP contribution in [0.1, 0.15) is 18.1 Å². The highest BCUT2D eigenvalue weighted by atomic mass is 19.4. The molecular weight excluding hydrogens is 312 g/mol. The van der Waals surface area contributed by atoms with Crippen molar-refractivity contribution < 1.29 is 17.6 Å². The Morgan fingerprint density at radius 3 is 2.74 bits per heavy atom. The fraction of sp³-hybridized carbons (Fsp3) is 0.200. The summed E-state index contributed by atoms with van der Waals surface area (Å²) < 4.78 is 52.7. The van der Waals surface area contributed by atoms with Gasteiger partial charge in [0.15, 0.2) is 5.82 Å². The summed E-state index contributed by atoms with van der Waals surface area (Å²) in [5.74, 6) is -0.479. The van der Waals surface area contributed by atoms with Gasteiger partial charge < -0.3 is 5.32 Å². The van der Waals surface area contributed by atoms with Crippen LogP contribution in [0.25, 0.3) is 5.70 Å².